The van der Waals surface area contributed by atoms with Gasteiger partial charge in [-0.15, -0.1) is 0 Å². The number of amides is 1. The predicted octanol–water partition coefficient (Wildman–Crippen LogP) is 2.17. The minimum atomic E-state index is 0.150. The topological polar surface area (TPSA) is 55.1 Å². The van der Waals surface area contributed by atoms with Gasteiger partial charge in [0.1, 0.15) is 0 Å². The van der Waals surface area contributed by atoms with E-state index in [1.807, 2.05) is 25.1 Å². The number of hydrogen-bond donors (Lipinski definition) is 2. The molecule has 1 aliphatic carbocycles. The lowest BCUT2D eigenvalue weighted by atomic mass is 10.1. The van der Waals surface area contributed by atoms with Crippen LogP contribution < -0.4 is 11.1 Å². The van der Waals surface area contributed by atoms with Crippen molar-refractivity contribution in [3.63, 3.8) is 0 Å². The number of hydrogen-bond acceptors (Lipinski definition) is 2. The van der Waals surface area contributed by atoms with E-state index >= 15 is 0 Å². The first-order valence-corrected chi connectivity index (χ1v) is 5.88. The molecule has 1 unspecified atom stereocenters. The van der Waals surface area contributed by atoms with Gasteiger partial charge in [-0.3, -0.25) is 4.79 Å². The zero-order valence-corrected chi connectivity index (χ0v) is 9.62. The molecule has 3 nitrogen and oxygen atoms in total. The first-order chi connectivity index (χ1) is 7.70. The molecule has 0 fully saturated rings. The number of aryl methyl sites for hydroxylation is 1. The van der Waals surface area contributed by atoms with Gasteiger partial charge in [0.15, 0.2) is 0 Å². The summed E-state index contributed by atoms with van der Waals surface area (Å²) in [7, 11) is 0. The molecule has 1 aliphatic rings. The molecule has 1 aromatic rings. The van der Waals surface area contributed by atoms with Gasteiger partial charge in [0.05, 0.1) is 6.04 Å². The van der Waals surface area contributed by atoms with Crippen LogP contribution in [0, 0.1) is 0 Å². The molecule has 0 bridgehead atoms. The van der Waals surface area contributed by atoms with Crippen LogP contribution in [0.1, 0.15) is 43.4 Å². The normalized spacial score (nSPS) is 18.2. The fraction of sp³-hybridized carbons (Fsp3) is 0.462. The lowest BCUT2D eigenvalue weighted by molar-refractivity contribution is -0.121. The fourth-order valence-electron chi connectivity index (χ4n) is 2.28. The highest BCUT2D eigenvalue weighted by Gasteiger charge is 2.23. The maximum atomic E-state index is 11.5. The van der Waals surface area contributed by atoms with Crippen molar-refractivity contribution in [2.24, 2.45) is 0 Å². The molecular formula is C13H18N2O. The van der Waals surface area contributed by atoms with Crippen LogP contribution in [0.15, 0.2) is 18.2 Å². The van der Waals surface area contributed by atoms with E-state index in [0.29, 0.717) is 6.42 Å². The van der Waals surface area contributed by atoms with Crippen LogP contribution in [0.2, 0.25) is 0 Å². The Morgan fingerprint density at radius 3 is 3.12 bits per heavy atom. The summed E-state index contributed by atoms with van der Waals surface area (Å²) in [5.74, 6) is 0.150. The summed E-state index contributed by atoms with van der Waals surface area (Å²) in [5.41, 5.74) is 9.06. The van der Waals surface area contributed by atoms with Gasteiger partial charge in [-0.05, 0) is 42.5 Å². The Kier molecular flexibility index (Phi) is 3.13. The summed E-state index contributed by atoms with van der Waals surface area (Å²) in [5, 5.41) is 3.08. The van der Waals surface area contributed by atoms with Gasteiger partial charge in [0.25, 0.3) is 0 Å². The van der Waals surface area contributed by atoms with Crippen LogP contribution in [0.3, 0.4) is 0 Å². The van der Waals surface area contributed by atoms with Gasteiger partial charge < -0.3 is 11.1 Å². The second kappa shape index (κ2) is 4.56. The van der Waals surface area contributed by atoms with E-state index in [4.69, 9.17) is 5.73 Å². The number of rotatable bonds is 3. The third kappa shape index (κ3) is 2.18. The van der Waals surface area contributed by atoms with Crippen molar-refractivity contribution in [3.8, 4) is 0 Å². The molecule has 2 rings (SSSR count). The molecule has 0 aliphatic heterocycles. The fourth-order valence-corrected chi connectivity index (χ4v) is 2.28. The van der Waals surface area contributed by atoms with E-state index in [0.717, 1.165) is 24.9 Å². The predicted molar refractivity (Wildman–Crippen MR) is 65.0 cm³/mol. The van der Waals surface area contributed by atoms with Crippen molar-refractivity contribution in [2.75, 3.05) is 5.73 Å². The molecule has 0 heterocycles. The van der Waals surface area contributed by atoms with Crippen LogP contribution in [-0.4, -0.2) is 5.91 Å². The van der Waals surface area contributed by atoms with Crippen molar-refractivity contribution in [2.45, 2.75) is 38.6 Å². The van der Waals surface area contributed by atoms with Crippen LogP contribution in [0.25, 0.3) is 0 Å². The molecule has 0 saturated carbocycles. The molecule has 0 aromatic heterocycles. The summed E-state index contributed by atoms with van der Waals surface area (Å²) in [6.07, 6.45) is 3.51. The van der Waals surface area contributed by atoms with Crippen molar-refractivity contribution in [1.29, 1.82) is 0 Å². The highest BCUT2D eigenvalue weighted by atomic mass is 16.1. The van der Waals surface area contributed by atoms with Crippen LogP contribution in [-0.2, 0) is 11.2 Å². The SMILES string of the molecule is CCCC(=O)NC1CCc2cc(N)ccc21. The van der Waals surface area contributed by atoms with Crippen LogP contribution in [0.5, 0.6) is 0 Å². The molecular weight excluding hydrogens is 200 g/mol. The molecule has 1 aromatic carbocycles. The van der Waals surface area contributed by atoms with E-state index in [1.54, 1.807) is 0 Å². The van der Waals surface area contributed by atoms with E-state index in [1.165, 1.54) is 11.1 Å². The standard InChI is InChI=1S/C13H18N2O/c1-2-3-13(16)15-12-7-4-9-8-10(14)5-6-11(9)12/h5-6,8,12H,2-4,7,14H2,1H3,(H,15,16). The molecule has 1 atom stereocenters. The van der Waals surface area contributed by atoms with Crippen molar-refractivity contribution in [1.82, 2.24) is 5.32 Å². The summed E-state index contributed by atoms with van der Waals surface area (Å²) in [6.45, 7) is 2.02. The Morgan fingerprint density at radius 1 is 1.56 bits per heavy atom. The first-order valence-electron chi connectivity index (χ1n) is 5.88. The quantitative estimate of drug-likeness (QED) is 0.764. The monoisotopic (exact) mass is 218 g/mol. The highest BCUT2D eigenvalue weighted by molar-refractivity contribution is 5.76. The first kappa shape index (κ1) is 11.0. The maximum Gasteiger partial charge on any atom is 0.220 e. The number of nitrogens with one attached hydrogen (secondary N) is 1. The Labute approximate surface area is 96.0 Å². The minimum Gasteiger partial charge on any atom is -0.399 e. The molecule has 3 N–H and O–H groups in total. The molecule has 0 radical (unpaired) electrons. The number of anilines is 1. The third-order valence-corrected chi connectivity index (χ3v) is 3.06. The van der Waals surface area contributed by atoms with Gasteiger partial charge in [0, 0.05) is 12.1 Å². The number of fused-ring (bicyclic) bond motifs is 1. The average molecular weight is 218 g/mol. The number of nitrogens with two attached hydrogens (primary N) is 1. The summed E-state index contributed by atoms with van der Waals surface area (Å²) < 4.78 is 0. The van der Waals surface area contributed by atoms with Gasteiger partial charge in [-0.1, -0.05) is 13.0 Å². The lowest BCUT2D eigenvalue weighted by Crippen LogP contribution is -2.26. The van der Waals surface area contributed by atoms with E-state index < -0.39 is 0 Å². The number of nitrogen functional groups attached to an aromatic ring is 1. The molecule has 16 heavy (non-hydrogen) atoms. The second-order valence-electron chi connectivity index (χ2n) is 4.37. The Bertz CT molecular complexity index is 401. The molecule has 86 valence electrons. The third-order valence-electron chi connectivity index (χ3n) is 3.06. The van der Waals surface area contributed by atoms with E-state index in [9.17, 15) is 4.79 Å². The van der Waals surface area contributed by atoms with Gasteiger partial charge in [-0.2, -0.15) is 0 Å². The van der Waals surface area contributed by atoms with Gasteiger partial charge >= 0.3 is 0 Å². The van der Waals surface area contributed by atoms with Gasteiger partial charge in [0.2, 0.25) is 5.91 Å². The second-order valence-corrected chi connectivity index (χ2v) is 4.37. The van der Waals surface area contributed by atoms with Crippen LogP contribution in [0.4, 0.5) is 5.69 Å². The average Bonchev–Trinajstić information content (AvgIpc) is 2.61. The zero-order chi connectivity index (χ0) is 11.5. The Hall–Kier alpha value is -1.51. The zero-order valence-electron chi connectivity index (χ0n) is 9.62. The minimum absolute atomic E-state index is 0.150. The Balaban J connectivity index is 2.09. The van der Waals surface area contributed by atoms with E-state index in [2.05, 4.69) is 5.32 Å². The number of carbonyl (C=O) groups is 1. The number of benzene rings is 1. The maximum absolute atomic E-state index is 11.5. The summed E-state index contributed by atoms with van der Waals surface area (Å²) in [4.78, 5) is 11.5. The molecule has 0 saturated heterocycles. The smallest absolute Gasteiger partial charge is 0.220 e. The molecule has 1 amide bonds. The van der Waals surface area contributed by atoms with Crippen LogP contribution >= 0.6 is 0 Å². The largest absolute Gasteiger partial charge is 0.399 e. The molecule has 3 heteroatoms. The lowest BCUT2D eigenvalue weighted by Gasteiger charge is -2.13. The van der Waals surface area contributed by atoms with E-state index in [-0.39, 0.29) is 11.9 Å². The highest BCUT2D eigenvalue weighted by Crippen LogP contribution is 2.32. The number of carbonyl (C=O) groups excluding carboxylic acids is 1. The summed E-state index contributed by atoms with van der Waals surface area (Å²) >= 11 is 0. The molecule has 0 spiro atoms. The Morgan fingerprint density at radius 2 is 2.38 bits per heavy atom. The van der Waals surface area contributed by atoms with Gasteiger partial charge in [-0.25, -0.2) is 0 Å². The summed E-state index contributed by atoms with van der Waals surface area (Å²) in [6, 6.07) is 6.15. The van der Waals surface area contributed by atoms with Crippen molar-refractivity contribution < 1.29 is 4.79 Å². The van der Waals surface area contributed by atoms with Crippen molar-refractivity contribution >= 4 is 11.6 Å². The van der Waals surface area contributed by atoms with Crippen molar-refractivity contribution in [3.05, 3.63) is 29.3 Å².